The number of benzene rings is 1. The summed E-state index contributed by atoms with van der Waals surface area (Å²) in [6.07, 6.45) is 2.73. The lowest BCUT2D eigenvalue weighted by atomic mass is 10.1. The highest BCUT2D eigenvalue weighted by molar-refractivity contribution is 5.91. The summed E-state index contributed by atoms with van der Waals surface area (Å²) in [6.45, 7) is 6.37. The molecule has 0 spiro atoms. The summed E-state index contributed by atoms with van der Waals surface area (Å²) in [5.74, 6) is 1.31. The minimum atomic E-state index is 0.606. The van der Waals surface area contributed by atoms with Crippen LogP contribution in [0.5, 0.6) is 0 Å². The van der Waals surface area contributed by atoms with E-state index in [2.05, 4.69) is 34.6 Å². The van der Waals surface area contributed by atoms with Gasteiger partial charge >= 0.3 is 0 Å². The van der Waals surface area contributed by atoms with Crippen LogP contribution < -0.4 is 5.43 Å². The van der Waals surface area contributed by atoms with Crippen molar-refractivity contribution in [2.75, 3.05) is 5.43 Å². The van der Waals surface area contributed by atoms with Crippen molar-refractivity contribution >= 4 is 22.3 Å². The standard InChI is InChI=1S/C14H18N4/c1-10(2)8-11(3)16-18-14-13-7-5-4-6-12(13)9-15-17-14/h4-7,9-10H,8H2,1-3H3,(H,17,18)/b16-11+. The summed E-state index contributed by atoms with van der Waals surface area (Å²) >= 11 is 0. The summed E-state index contributed by atoms with van der Waals surface area (Å²) in [5.41, 5.74) is 4.08. The van der Waals surface area contributed by atoms with Crippen LogP contribution in [0.25, 0.3) is 10.8 Å². The number of aromatic nitrogens is 2. The lowest BCUT2D eigenvalue weighted by Gasteiger charge is -2.06. The number of hydrazone groups is 1. The molecule has 0 aliphatic carbocycles. The highest BCUT2D eigenvalue weighted by Crippen LogP contribution is 2.19. The molecule has 94 valence electrons. The molecule has 0 bridgehead atoms. The Morgan fingerprint density at radius 2 is 2.11 bits per heavy atom. The van der Waals surface area contributed by atoms with Crippen LogP contribution in [0.1, 0.15) is 27.2 Å². The van der Waals surface area contributed by atoms with Crippen LogP contribution in [-0.4, -0.2) is 15.9 Å². The van der Waals surface area contributed by atoms with Crippen LogP contribution in [0.3, 0.4) is 0 Å². The second-order valence-electron chi connectivity index (χ2n) is 4.84. The van der Waals surface area contributed by atoms with Gasteiger partial charge in [0.2, 0.25) is 0 Å². The molecule has 0 saturated carbocycles. The molecule has 2 rings (SSSR count). The third-order valence-corrected chi connectivity index (χ3v) is 2.63. The first-order chi connectivity index (χ1) is 8.66. The minimum Gasteiger partial charge on any atom is -0.259 e. The van der Waals surface area contributed by atoms with Gasteiger partial charge in [0, 0.05) is 16.5 Å². The maximum absolute atomic E-state index is 4.35. The molecule has 0 radical (unpaired) electrons. The average molecular weight is 242 g/mol. The molecular weight excluding hydrogens is 224 g/mol. The van der Waals surface area contributed by atoms with Crippen LogP contribution >= 0.6 is 0 Å². The van der Waals surface area contributed by atoms with Gasteiger partial charge in [0.15, 0.2) is 5.82 Å². The number of fused-ring (bicyclic) bond motifs is 1. The first-order valence-electron chi connectivity index (χ1n) is 6.16. The van der Waals surface area contributed by atoms with Crippen LogP contribution in [0.4, 0.5) is 5.82 Å². The molecule has 0 amide bonds. The van der Waals surface area contributed by atoms with E-state index in [-0.39, 0.29) is 0 Å². The second-order valence-corrected chi connectivity index (χ2v) is 4.84. The average Bonchev–Trinajstić information content (AvgIpc) is 2.35. The monoisotopic (exact) mass is 242 g/mol. The van der Waals surface area contributed by atoms with E-state index in [0.717, 1.165) is 22.9 Å². The molecule has 0 aliphatic heterocycles. The normalized spacial score (nSPS) is 12.1. The summed E-state index contributed by atoms with van der Waals surface area (Å²) in [4.78, 5) is 0. The molecule has 1 aromatic heterocycles. The zero-order valence-electron chi connectivity index (χ0n) is 11.0. The Hall–Kier alpha value is -1.97. The molecule has 4 nitrogen and oxygen atoms in total. The van der Waals surface area contributed by atoms with Gasteiger partial charge in [-0.25, -0.2) is 0 Å². The first-order valence-corrected chi connectivity index (χ1v) is 6.16. The van der Waals surface area contributed by atoms with Gasteiger partial charge in [-0.1, -0.05) is 38.1 Å². The highest BCUT2D eigenvalue weighted by Gasteiger charge is 2.02. The van der Waals surface area contributed by atoms with E-state index < -0.39 is 0 Å². The van der Waals surface area contributed by atoms with E-state index in [0.29, 0.717) is 11.7 Å². The van der Waals surface area contributed by atoms with Gasteiger partial charge in [0.1, 0.15) is 0 Å². The van der Waals surface area contributed by atoms with Crippen LogP contribution in [0.15, 0.2) is 35.6 Å². The van der Waals surface area contributed by atoms with Gasteiger partial charge in [-0.05, 0) is 19.3 Å². The molecule has 1 heterocycles. The maximum atomic E-state index is 4.35. The van der Waals surface area contributed by atoms with Crippen LogP contribution in [0, 0.1) is 5.92 Å². The first kappa shape index (κ1) is 12.5. The van der Waals surface area contributed by atoms with Crippen LogP contribution in [-0.2, 0) is 0 Å². The van der Waals surface area contributed by atoms with Crippen LogP contribution in [0.2, 0.25) is 0 Å². The number of hydrogen-bond donors (Lipinski definition) is 1. The number of nitrogens with zero attached hydrogens (tertiary/aromatic N) is 3. The van der Waals surface area contributed by atoms with E-state index in [1.165, 1.54) is 0 Å². The molecule has 2 aromatic rings. The molecule has 0 saturated heterocycles. The fourth-order valence-corrected chi connectivity index (χ4v) is 1.90. The smallest absolute Gasteiger partial charge is 0.176 e. The molecule has 18 heavy (non-hydrogen) atoms. The summed E-state index contributed by atoms with van der Waals surface area (Å²) in [7, 11) is 0. The molecule has 0 unspecified atom stereocenters. The van der Waals surface area contributed by atoms with Crippen molar-refractivity contribution in [2.45, 2.75) is 27.2 Å². The number of rotatable bonds is 4. The highest BCUT2D eigenvalue weighted by atomic mass is 15.3. The van der Waals surface area contributed by atoms with Crippen molar-refractivity contribution in [2.24, 2.45) is 11.0 Å². The van der Waals surface area contributed by atoms with Gasteiger partial charge in [-0.2, -0.15) is 10.2 Å². The zero-order chi connectivity index (χ0) is 13.0. The van der Waals surface area contributed by atoms with Crippen molar-refractivity contribution in [1.82, 2.24) is 10.2 Å². The predicted octanol–water partition coefficient (Wildman–Crippen LogP) is 3.46. The molecule has 4 heteroatoms. The lowest BCUT2D eigenvalue weighted by molar-refractivity contribution is 0.681. The molecular formula is C14H18N4. The molecule has 1 N–H and O–H groups in total. The summed E-state index contributed by atoms with van der Waals surface area (Å²) in [6, 6.07) is 8.00. The second kappa shape index (κ2) is 5.58. The third kappa shape index (κ3) is 3.03. The quantitative estimate of drug-likeness (QED) is 0.659. The molecule has 0 atom stereocenters. The molecule has 1 aromatic carbocycles. The predicted molar refractivity (Wildman–Crippen MR) is 75.7 cm³/mol. The lowest BCUT2D eigenvalue weighted by Crippen LogP contribution is -2.03. The van der Waals surface area contributed by atoms with Crippen molar-refractivity contribution in [3.05, 3.63) is 30.5 Å². The van der Waals surface area contributed by atoms with Gasteiger partial charge in [0.25, 0.3) is 0 Å². The van der Waals surface area contributed by atoms with Gasteiger partial charge in [0.05, 0.1) is 6.20 Å². The van der Waals surface area contributed by atoms with Gasteiger partial charge in [-0.3, -0.25) is 5.43 Å². The van der Waals surface area contributed by atoms with E-state index in [4.69, 9.17) is 0 Å². The number of hydrogen-bond acceptors (Lipinski definition) is 4. The maximum Gasteiger partial charge on any atom is 0.176 e. The summed E-state index contributed by atoms with van der Waals surface area (Å²) < 4.78 is 0. The van der Waals surface area contributed by atoms with Crippen molar-refractivity contribution in [3.8, 4) is 0 Å². The Labute approximate surface area is 107 Å². The minimum absolute atomic E-state index is 0.606. The Morgan fingerprint density at radius 3 is 2.89 bits per heavy atom. The summed E-state index contributed by atoms with van der Waals surface area (Å²) in [5, 5.41) is 14.5. The zero-order valence-corrected chi connectivity index (χ0v) is 11.0. The molecule has 0 fully saturated rings. The fourth-order valence-electron chi connectivity index (χ4n) is 1.90. The van der Waals surface area contributed by atoms with E-state index in [1.54, 1.807) is 6.20 Å². The number of anilines is 1. The Kier molecular flexibility index (Phi) is 3.87. The fraction of sp³-hybridized carbons (Fsp3) is 0.357. The van der Waals surface area contributed by atoms with E-state index >= 15 is 0 Å². The van der Waals surface area contributed by atoms with Crippen molar-refractivity contribution in [3.63, 3.8) is 0 Å². The van der Waals surface area contributed by atoms with Gasteiger partial charge < -0.3 is 0 Å². The Morgan fingerprint density at radius 1 is 1.33 bits per heavy atom. The Balaban J connectivity index is 2.22. The van der Waals surface area contributed by atoms with E-state index in [1.807, 2.05) is 31.2 Å². The van der Waals surface area contributed by atoms with E-state index in [9.17, 15) is 0 Å². The van der Waals surface area contributed by atoms with Crippen molar-refractivity contribution in [1.29, 1.82) is 0 Å². The largest absolute Gasteiger partial charge is 0.259 e. The number of nitrogens with one attached hydrogen (secondary N) is 1. The molecule has 0 aliphatic rings. The van der Waals surface area contributed by atoms with Gasteiger partial charge in [-0.15, -0.1) is 5.10 Å². The Bertz CT molecular complexity index is 555. The topological polar surface area (TPSA) is 50.2 Å². The van der Waals surface area contributed by atoms with Crippen molar-refractivity contribution < 1.29 is 0 Å². The SMILES string of the molecule is C/C(CC(C)C)=N\Nc1nncc2ccccc12. The third-order valence-electron chi connectivity index (χ3n) is 2.63.